The van der Waals surface area contributed by atoms with Crippen LogP contribution in [0.15, 0.2) is 11.1 Å². The van der Waals surface area contributed by atoms with E-state index in [0.29, 0.717) is 6.42 Å². The molecule has 0 unspecified atom stereocenters. The lowest BCUT2D eigenvalue weighted by Crippen LogP contribution is -2.42. The Hall–Kier alpha value is -0.926. The van der Waals surface area contributed by atoms with Gasteiger partial charge in [0.15, 0.2) is 16.6 Å². The molecule has 128 valence electrons. The van der Waals surface area contributed by atoms with Crippen LogP contribution in [0.1, 0.15) is 26.7 Å². The lowest BCUT2D eigenvalue weighted by atomic mass is 9.94. The molecule has 0 bridgehead atoms. The molecule has 0 saturated heterocycles. The quantitative estimate of drug-likeness (QED) is 0.488. The van der Waals surface area contributed by atoms with Crippen LogP contribution in [0.25, 0.3) is 0 Å². The SMILES string of the molecule is CC(C)/C(C(=O)O)=C(/CCC[Si](C)(C)O[Si](C)(C)C)C(=O)O. The predicted octanol–water partition coefficient (Wildman–Crippen LogP) is 3.95. The minimum Gasteiger partial charge on any atom is -0.478 e. The van der Waals surface area contributed by atoms with Gasteiger partial charge in [-0.05, 0) is 57.5 Å². The molecule has 0 saturated carbocycles. The Bertz CT molecular complexity index is 447. The summed E-state index contributed by atoms with van der Waals surface area (Å²) in [6, 6.07) is 0.832. The highest BCUT2D eigenvalue weighted by atomic mass is 28.4. The van der Waals surface area contributed by atoms with Crippen LogP contribution in [-0.4, -0.2) is 38.8 Å². The summed E-state index contributed by atoms with van der Waals surface area (Å²) < 4.78 is 6.22. The van der Waals surface area contributed by atoms with Gasteiger partial charge in [-0.2, -0.15) is 0 Å². The van der Waals surface area contributed by atoms with Crippen LogP contribution >= 0.6 is 0 Å². The smallest absolute Gasteiger partial charge is 0.332 e. The Morgan fingerprint density at radius 3 is 1.82 bits per heavy atom. The molecule has 0 fully saturated rings. The zero-order valence-electron chi connectivity index (χ0n) is 14.8. The van der Waals surface area contributed by atoms with E-state index in [2.05, 4.69) is 32.7 Å². The van der Waals surface area contributed by atoms with Crippen LogP contribution < -0.4 is 0 Å². The number of carboxylic acid groups (broad SMARTS) is 2. The normalized spacial score (nSPS) is 14.0. The number of carbonyl (C=O) groups is 2. The summed E-state index contributed by atoms with van der Waals surface area (Å²) >= 11 is 0. The van der Waals surface area contributed by atoms with Crippen molar-refractivity contribution in [1.29, 1.82) is 0 Å². The van der Waals surface area contributed by atoms with E-state index in [1.165, 1.54) is 0 Å². The van der Waals surface area contributed by atoms with Gasteiger partial charge in [0.2, 0.25) is 0 Å². The van der Waals surface area contributed by atoms with E-state index in [-0.39, 0.29) is 23.5 Å². The van der Waals surface area contributed by atoms with Crippen molar-refractivity contribution < 1.29 is 23.9 Å². The van der Waals surface area contributed by atoms with Crippen molar-refractivity contribution in [1.82, 2.24) is 0 Å². The van der Waals surface area contributed by atoms with Gasteiger partial charge in [-0.1, -0.05) is 13.8 Å². The van der Waals surface area contributed by atoms with Crippen LogP contribution in [0.3, 0.4) is 0 Å². The maximum Gasteiger partial charge on any atom is 0.332 e. The van der Waals surface area contributed by atoms with Gasteiger partial charge in [0.25, 0.3) is 0 Å². The molecule has 0 aromatic heterocycles. The molecule has 0 aliphatic heterocycles. The van der Waals surface area contributed by atoms with Crippen molar-refractivity contribution in [3.05, 3.63) is 11.1 Å². The number of rotatable bonds is 9. The summed E-state index contributed by atoms with van der Waals surface area (Å²) in [5.41, 5.74) is 0.0402. The average molecular weight is 347 g/mol. The molecule has 0 aliphatic carbocycles. The molecular weight excluding hydrogens is 316 g/mol. The maximum absolute atomic E-state index is 11.4. The first-order chi connectivity index (χ1) is 9.77. The van der Waals surface area contributed by atoms with Crippen LogP contribution in [0, 0.1) is 5.92 Å². The maximum atomic E-state index is 11.4. The van der Waals surface area contributed by atoms with Crippen LogP contribution in [0.5, 0.6) is 0 Å². The fourth-order valence-electron chi connectivity index (χ4n) is 2.65. The Balaban J connectivity index is 5.00. The Morgan fingerprint density at radius 1 is 1.00 bits per heavy atom. The summed E-state index contributed by atoms with van der Waals surface area (Å²) in [6.45, 7) is 14.1. The first-order valence-corrected chi connectivity index (χ1v) is 14.2. The summed E-state index contributed by atoms with van der Waals surface area (Å²) in [5, 5.41) is 18.6. The molecule has 22 heavy (non-hydrogen) atoms. The van der Waals surface area contributed by atoms with Crippen LogP contribution in [0.4, 0.5) is 0 Å². The Morgan fingerprint density at radius 2 is 1.50 bits per heavy atom. The van der Waals surface area contributed by atoms with Gasteiger partial charge in [0, 0.05) is 11.1 Å². The number of hydrogen-bond donors (Lipinski definition) is 2. The highest BCUT2D eigenvalue weighted by Crippen LogP contribution is 2.25. The summed E-state index contributed by atoms with van der Waals surface area (Å²) in [4.78, 5) is 22.7. The standard InChI is InChI=1S/C15H30O5Si2/c1-11(2)13(15(18)19)12(14(16)17)9-8-10-22(6,7)20-21(3,4)5/h11H,8-10H2,1-7H3,(H,16,17)(H,18,19)/b13-12+. The highest BCUT2D eigenvalue weighted by Gasteiger charge is 2.30. The molecule has 0 aliphatic rings. The fraction of sp³-hybridized carbons (Fsp3) is 0.733. The summed E-state index contributed by atoms with van der Waals surface area (Å²) in [5.74, 6) is -2.58. The van der Waals surface area contributed by atoms with Gasteiger partial charge in [0.1, 0.15) is 0 Å². The molecular formula is C15H30O5Si2. The monoisotopic (exact) mass is 346 g/mol. The number of carboxylic acids is 2. The molecule has 0 spiro atoms. The molecule has 0 heterocycles. The van der Waals surface area contributed by atoms with E-state index < -0.39 is 28.6 Å². The first-order valence-electron chi connectivity index (χ1n) is 7.66. The second kappa shape index (κ2) is 8.07. The molecule has 0 atom stereocenters. The summed E-state index contributed by atoms with van der Waals surface area (Å²) in [7, 11) is -3.44. The van der Waals surface area contributed by atoms with Crippen LogP contribution in [-0.2, 0) is 13.7 Å². The third-order valence-electron chi connectivity index (χ3n) is 3.18. The minimum atomic E-state index is -1.83. The third-order valence-corrected chi connectivity index (χ3v) is 9.40. The van der Waals surface area contributed by atoms with E-state index >= 15 is 0 Å². The molecule has 0 aromatic rings. The van der Waals surface area contributed by atoms with E-state index in [1.54, 1.807) is 13.8 Å². The molecule has 2 N–H and O–H groups in total. The van der Waals surface area contributed by atoms with E-state index in [9.17, 15) is 19.8 Å². The van der Waals surface area contributed by atoms with Crippen molar-refractivity contribution >= 4 is 28.6 Å². The minimum absolute atomic E-state index is 0.0121. The molecule has 5 nitrogen and oxygen atoms in total. The second-order valence-corrected chi connectivity index (χ2v) is 16.5. The molecule has 0 radical (unpaired) electrons. The van der Waals surface area contributed by atoms with E-state index in [0.717, 1.165) is 6.04 Å². The van der Waals surface area contributed by atoms with Crippen molar-refractivity contribution in [2.75, 3.05) is 0 Å². The van der Waals surface area contributed by atoms with Crippen molar-refractivity contribution in [3.8, 4) is 0 Å². The van der Waals surface area contributed by atoms with Gasteiger partial charge >= 0.3 is 11.9 Å². The zero-order valence-corrected chi connectivity index (χ0v) is 16.8. The lowest BCUT2D eigenvalue weighted by Gasteiger charge is -2.31. The largest absolute Gasteiger partial charge is 0.478 e. The van der Waals surface area contributed by atoms with Gasteiger partial charge in [0.05, 0.1) is 0 Å². The summed E-state index contributed by atoms with van der Waals surface area (Å²) in [6.07, 6.45) is 0.926. The van der Waals surface area contributed by atoms with Crippen molar-refractivity contribution in [3.63, 3.8) is 0 Å². The topological polar surface area (TPSA) is 83.8 Å². The zero-order chi connectivity index (χ0) is 17.7. The number of aliphatic carboxylic acids is 2. The van der Waals surface area contributed by atoms with Crippen LogP contribution in [0.2, 0.25) is 38.8 Å². The highest BCUT2D eigenvalue weighted by molar-refractivity contribution is 6.84. The molecule has 0 rings (SSSR count). The van der Waals surface area contributed by atoms with Crippen molar-refractivity contribution in [2.24, 2.45) is 5.92 Å². The van der Waals surface area contributed by atoms with Crippen molar-refractivity contribution in [2.45, 2.75) is 65.5 Å². The Kier molecular flexibility index (Phi) is 7.73. The molecule has 0 aromatic carbocycles. The molecule has 0 amide bonds. The van der Waals surface area contributed by atoms with E-state index in [1.807, 2.05) is 0 Å². The number of hydrogen-bond acceptors (Lipinski definition) is 3. The average Bonchev–Trinajstić information content (AvgIpc) is 2.22. The predicted molar refractivity (Wildman–Crippen MR) is 93.1 cm³/mol. The Labute approximate surface area is 135 Å². The van der Waals surface area contributed by atoms with Gasteiger partial charge < -0.3 is 14.3 Å². The fourth-order valence-corrected chi connectivity index (χ4v) is 10.7. The molecule has 7 heteroatoms. The van der Waals surface area contributed by atoms with Gasteiger partial charge in [-0.15, -0.1) is 0 Å². The van der Waals surface area contributed by atoms with Gasteiger partial charge in [-0.25, -0.2) is 9.59 Å². The van der Waals surface area contributed by atoms with Gasteiger partial charge in [-0.3, -0.25) is 0 Å². The lowest BCUT2D eigenvalue weighted by molar-refractivity contribution is -0.136. The third kappa shape index (κ3) is 7.91. The second-order valence-electron chi connectivity index (χ2n) is 7.48. The van der Waals surface area contributed by atoms with E-state index in [4.69, 9.17) is 4.12 Å². The first kappa shape index (κ1) is 21.1.